The monoisotopic (exact) mass is 440 g/mol. The Morgan fingerprint density at radius 2 is 1.61 bits per heavy atom. The van der Waals surface area contributed by atoms with Gasteiger partial charge in [0.2, 0.25) is 5.88 Å². The van der Waals surface area contributed by atoms with Crippen LogP contribution in [0.3, 0.4) is 0 Å². The second-order valence-corrected chi connectivity index (χ2v) is 7.16. The van der Waals surface area contributed by atoms with E-state index in [0.29, 0.717) is 12.5 Å². The maximum Gasteiger partial charge on any atom is 0.213 e. The summed E-state index contributed by atoms with van der Waals surface area (Å²) in [5.74, 6) is 1.72. The van der Waals surface area contributed by atoms with Crippen LogP contribution in [-0.4, -0.2) is 54.2 Å². The minimum Gasteiger partial charge on any atom is -0.476 e. The number of nitrogens with zero attached hydrogens (tertiary/aromatic N) is 4. The molecular formula is C16H18Br2N4O. The maximum atomic E-state index is 5.68. The van der Waals surface area contributed by atoms with Gasteiger partial charge >= 0.3 is 0 Å². The first-order valence-corrected chi connectivity index (χ1v) is 9.12. The first-order valence-electron chi connectivity index (χ1n) is 7.54. The first kappa shape index (κ1) is 16.7. The molecule has 0 saturated carbocycles. The lowest BCUT2D eigenvalue weighted by Crippen LogP contribution is -2.47. The fourth-order valence-electron chi connectivity index (χ4n) is 2.48. The van der Waals surface area contributed by atoms with E-state index in [1.54, 1.807) is 6.20 Å². The van der Waals surface area contributed by atoms with Gasteiger partial charge in [0.15, 0.2) is 0 Å². The van der Waals surface area contributed by atoms with Crippen LogP contribution in [0.2, 0.25) is 0 Å². The Bertz CT molecular complexity index is 610. The van der Waals surface area contributed by atoms with Crippen molar-refractivity contribution in [3.8, 4) is 5.88 Å². The molecule has 0 atom stereocenters. The summed E-state index contributed by atoms with van der Waals surface area (Å²) in [6.45, 7) is 5.60. The number of hydrogen-bond acceptors (Lipinski definition) is 5. The molecule has 23 heavy (non-hydrogen) atoms. The Hall–Kier alpha value is -1.18. The molecule has 0 unspecified atom stereocenters. The van der Waals surface area contributed by atoms with E-state index in [9.17, 15) is 0 Å². The van der Waals surface area contributed by atoms with Gasteiger partial charge in [-0.3, -0.25) is 4.90 Å². The van der Waals surface area contributed by atoms with Crippen LogP contribution in [0.15, 0.2) is 45.6 Å². The van der Waals surface area contributed by atoms with Gasteiger partial charge in [0.1, 0.15) is 12.4 Å². The standard InChI is InChI=1S/C16H18Br2N4O/c17-13-1-3-15(19-11-13)22-7-5-21(6-8-22)9-10-23-16-4-2-14(18)12-20-16/h1-4,11-12H,5-10H2. The summed E-state index contributed by atoms with van der Waals surface area (Å²) in [4.78, 5) is 13.4. The van der Waals surface area contributed by atoms with Gasteiger partial charge in [-0.05, 0) is 50.1 Å². The van der Waals surface area contributed by atoms with Crippen LogP contribution in [0.25, 0.3) is 0 Å². The van der Waals surface area contributed by atoms with Crippen molar-refractivity contribution in [1.29, 1.82) is 0 Å². The first-order chi connectivity index (χ1) is 11.2. The van der Waals surface area contributed by atoms with Gasteiger partial charge in [0, 0.05) is 60.1 Å². The molecule has 0 bridgehead atoms. The van der Waals surface area contributed by atoms with E-state index >= 15 is 0 Å². The average Bonchev–Trinajstić information content (AvgIpc) is 2.58. The molecule has 0 aromatic carbocycles. The molecule has 5 nitrogen and oxygen atoms in total. The van der Waals surface area contributed by atoms with Crippen molar-refractivity contribution < 1.29 is 4.74 Å². The number of anilines is 1. The molecule has 0 aliphatic carbocycles. The predicted octanol–water partition coefficient (Wildman–Crippen LogP) is 3.20. The molecule has 2 aromatic heterocycles. The fraction of sp³-hybridized carbons (Fsp3) is 0.375. The minimum absolute atomic E-state index is 0.658. The molecule has 7 heteroatoms. The molecule has 0 spiro atoms. The van der Waals surface area contributed by atoms with Crippen LogP contribution in [0, 0.1) is 0 Å². The Morgan fingerprint density at radius 1 is 0.913 bits per heavy atom. The van der Waals surface area contributed by atoms with Crippen LogP contribution < -0.4 is 9.64 Å². The lowest BCUT2D eigenvalue weighted by Gasteiger charge is -2.35. The number of piperazine rings is 1. The summed E-state index contributed by atoms with van der Waals surface area (Å²) in [5.41, 5.74) is 0. The smallest absolute Gasteiger partial charge is 0.213 e. The molecule has 122 valence electrons. The molecule has 0 radical (unpaired) electrons. The Labute approximate surface area is 152 Å². The van der Waals surface area contributed by atoms with Crippen LogP contribution in [-0.2, 0) is 0 Å². The second-order valence-electron chi connectivity index (χ2n) is 5.33. The summed E-state index contributed by atoms with van der Waals surface area (Å²) >= 11 is 6.79. The van der Waals surface area contributed by atoms with Gasteiger partial charge in [-0.25, -0.2) is 9.97 Å². The van der Waals surface area contributed by atoms with Crippen molar-refractivity contribution in [2.75, 3.05) is 44.2 Å². The van der Waals surface area contributed by atoms with Gasteiger partial charge in [-0.15, -0.1) is 0 Å². The molecule has 3 rings (SSSR count). The van der Waals surface area contributed by atoms with Gasteiger partial charge in [0.05, 0.1) is 0 Å². The normalized spacial score (nSPS) is 15.7. The molecule has 1 saturated heterocycles. The van der Waals surface area contributed by atoms with E-state index in [1.165, 1.54) is 0 Å². The summed E-state index contributed by atoms with van der Waals surface area (Å²) < 4.78 is 7.66. The van der Waals surface area contributed by atoms with E-state index in [0.717, 1.165) is 47.5 Å². The SMILES string of the molecule is Brc1ccc(OCCN2CCN(c3ccc(Br)cn3)CC2)nc1. The summed E-state index contributed by atoms with van der Waals surface area (Å²) in [6.07, 6.45) is 3.60. The second kappa shape index (κ2) is 8.08. The highest BCUT2D eigenvalue weighted by Gasteiger charge is 2.17. The summed E-state index contributed by atoms with van der Waals surface area (Å²) in [6, 6.07) is 7.91. The zero-order valence-corrected chi connectivity index (χ0v) is 15.8. The Morgan fingerprint density at radius 3 is 2.22 bits per heavy atom. The molecule has 3 heterocycles. The van der Waals surface area contributed by atoms with Crippen molar-refractivity contribution in [1.82, 2.24) is 14.9 Å². The number of ether oxygens (including phenoxy) is 1. The Kier molecular flexibility index (Phi) is 5.85. The lowest BCUT2D eigenvalue weighted by atomic mass is 10.3. The van der Waals surface area contributed by atoms with Gasteiger partial charge in [0.25, 0.3) is 0 Å². The summed E-state index contributed by atoms with van der Waals surface area (Å²) in [7, 11) is 0. The number of halogens is 2. The van der Waals surface area contributed by atoms with Crippen molar-refractivity contribution in [2.45, 2.75) is 0 Å². The third-order valence-corrected chi connectivity index (χ3v) is 4.70. The van der Waals surface area contributed by atoms with E-state index in [4.69, 9.17) is 4.74 Å². The Balaban J connectivity index is 1.40. The quantitative estimate of drug-likeness (QED) is 0.712. The number of aromatic nitrogens is 2. The zero-order chi connectivity index (χ0) is 16.1. The molecular weight excluding hydrogens is 424 g/mol. The van der Waals surface area contributed by atoms with E-state index in [-0.39, 0.29) is 0 Å². The topological polar surface area (TPSA) is 41.5 Å². The van der Waals surface area contributed by atoms with Crippen molar-refractivity contribution in [3.05, 3.63) is 45.6 Å². The fourth-order valence-corrected chi connectivity index (χ4v) is 2.95. The highest BCUT2D eigenvalue weighted by atomic mass is 79.9. The van der Waals surface area contributed by atoms with Gasteiger partial charge in [-0.1, -0.05) is 0 Å². The predicted molar refractivity (Wildman–Crippen MR) is 98.0 cm³/mol. The third-order valence-electron chi connectivity index (χ3n) is 3.77. The van der Waals surface area contributed by atoms with Gasteiger partial charge in [-0.2, -0.15) is 0 Å². The van der Waals surface area contributed by atoms with Gasteiger partial charge < -0.3 is 9.64 Å². The van der Waals surface area contributed by atoms with Crippen molar-refractivity contribution in [2.24, 2.45) is 0 Å². The molecule has 0 N–H and O–H groups in total. The van der Waals surface area contributed by atoms with Crippen LogP contribution >= 0.6 is 31.9 Å². The van der Waals surface area contributed by atoms with Crippen LogP contribution in [0.4, 0.5) is 5.82 Å². The number of hydrogen-bond donors (Lipinski definition) is 0. The van der Waals surface area contributed by atoms with Crippen molar-refractivity contribution in [3.63, 3.8) is 0 Å². The van der Waals surface area contributed by atoms with Crippen LogP contribution in [0.5, 0.6) is 5.88 Å². The molecule has 2 aromatic rings. The molecule has 1 fully saturated rings. The lowest BCUT2D eigenvalue weighted by molar-refractivity contribution is 0.197. The molecule has 1 aliphatic heterocycles. The molecule has 1 aliphatic rings. The highest BCUT2D eigenvalue weighted by molar-refractivity contribution is 9.10. The average molecular weight is 442 g/mol. The molecule has 0 amide bonds. The maximum absolute atomic E-state index is 5.68. The summed E-state index contributed by atoms with van der Waals surface area (Å²) in [5, 5.41) is 0. The van der Waals surface area contributed by atoms with E-state index in [1.807, 2.05) is 24.4 Å². The van der Waals surface area contributed by atoms with Crippen molar-refractivity contribution >= 4 is 37.7 Å². The van der Waals surface area contributed by atoms with Crippen LogP contribution in [0.1, 0.15) is 0 Å². The largest absolute Gasteiger partial charge is 0.476 e. The highest BCUT2D eigenvalue weighted by Crippen LogP contribution is 2.16. The zero-order valence-electron chi connectivity index (χ0n) is 12.7. The number of pyridine rings is 2. The van der Waals surface area contributed by atoms with E-state index < -0.39 is 0 Å². The third kappa shape index (κ3) is 4.89. The van der Waals surface area contributed by atoms with E-state index in [2.05, 4.69) is 57.7 Å². The number of rotatable bonds is 5. The minimum atomic E-state index is 0.658.